The molecule has 0 rings (SSSR count). The quantitative estimate of drug-likeness (QED) is 0.0636. The van der Waals surface area contributed by atoms with Crippen molar-refractivity contribution < 1.29 is 14.3 Å². The van der Waals surface area contributed by atoms with E-state index >= 15 is 0 Å². The summed E-state index contributed by atoms with van der Waals surface area (Å²) in [5, 5.41) is 2.72. The van der Waals surface area contributed by atoms with Crippen LogP contribution < -0.4 is 5.32 Å². The molecule has 4 nitrogen and oxygen atoms in total. The summed E-state index contributed by atoms with van der Waals surface area (Å²) in [6, 6.07) is 0. The Kier molecular flexibility index (Phi) is 33.2. The molecule has 0 radical (unpaired) electrons. The van der Waals surface area contributed by atoms with E-state index in [1.165, 1.54) is 161 Å². The number of hydrogen-bond acceptors (Lipinski definition) is 3. The maximum Gasteiger partial charge on any atom is 0.325 e. The lowest BCUT2D eigenvalue weighted by Gasteiger charge is -2.07. The largest absolute Gasteiger partial charge is 0.464 e. The molecule has 0 aliphatic carbocycles. The number of esters is 1. The van der Waals surface area contributed by atoms with E-state index < -0.39 is 0 Å². The van der Waals surface area contributed by atoms with Gasteiger partial charge in [0.25, 0.3) is 0 Å². The molecule has 1 N–H and O–H groups in total. The molecule has 1 amide bonds. The van der Waals surface area contributed by atoms with E-state index in [0.29, 0.717) is 13.0 Å². The SMILES string of the molecule is CCCCCCCCCCCCCCCCCCOC(=O)CNC(=O)CCCCCCCCCCCCCCC. The van der Waals surface area contributed by atoms with E-state index in [1.54, 1.807) is 0 Å². The molecule has 0 atom stereocenters. The summed E-state index contributed by atoms with van der Waals surface area (Å²) in [4.78, 5) is 23.8. The van der Waals surface area contributed by atoms with Gasteiger partial charge in [0.15, 0.2) is 0 Å². The number of ether oxygens (including phenoxy) is 1. The van der Waals surface area contributed by atoms with Crippen LogP contribution in [0.4, 0.5) is 0 Å². The van der Waals surface area contributed by atoms with Crippen molar-refractivity contribution in [2.45, 2.75) is 206 Å². The topological polar surface area (TPSA) is 55.4 Å². The van der Waals surface area contributed by atoms with Crippen molar-refractivity contribution in [2.24, 2.45) is 0 Å². The van der Waals surface area contributed by atoms with Gasteiger partial charge in [-0.3, -0.25) is 9.59 Å². The average molecular weight is 566 g/mol. The Labute approximate surface area is 250 Å². The van der Waals surface area contributed by atoms with Crippen molar-refractivity contribution in [3.05, 3.63) is 0 Å². The number of nitrogens with one attached hydrogen (secondary N) is 1. The first-order chi connectivity index (χ1) is 19.7. The van der Waals surface area contributed by atoms with Gasteiger partial charge in [0.05, 0.1) is 6.61 Å². The van der Waals surface area contributed by atoms with Gasteiger partial charge < -0.3 is 10.1 Å². The van der Waals surface area contributed by atoms with E-state index in [1.807, 2.05) is 0 Å². The highest BCUT2D eigenvalue weighted by Crippen LogP contribution is 2.14. The van der Waals surface area contributed by atoms with E-state index in [2.05, 4.69) is 19.2 Å². The number of carbonyl (C=O) groups is 2. The third kappa shape index (κ3) is 33.1. The van der Waals surface area contributed by atoms with Crippen LogP contribution in [0.3, 0.4) is 0 Å². The zero-order valence-corrected chi connectivity index (χ0v) is 27.4. The van der Waals surface area contributed by atoms with Gasteiger partial charge >= 0.3 is 5.97 Å². The second-order valence-corrected chi connectivity index (χ2v) is 12.3. The normalized spacial score (nSPS) is 11.2. The second kappa shape index (κ2) is 34.1. The molecular formula is C36H71NO3. The van der Waals surface area contributed by atoms with E-state index in [0.717, 1.165) is 25.7 Å². The molecule has 0 aromatic heterocycles. The van der Waals surface area contributed by atoms with Crippen molar-refractivity contribution in [3.63, 3.8) is 0 Å². The van der Waals surface area contributed by atoms with E-state index in [9.17, 15) is 9.59 Å². The van der Waals surface area contributed by atoms with Crippen LogP contribution in [0, 0.1) is 0 Å². The Balaban J connectivity index is 3.26. The molecule has 0 bridgehead atoms. The maximum absolute atomic E-state index is 12.0. The third-order valence-corrected chi connectivity index (χ3v) is 8.20. The summed E-state index contributed by atoms with van der Waals surface area (Å²) >= 11 is 0. The highest BCUT2D eigenvalue weighted by Gasteiger charge is 2.06. The molecule has 0 saturated carbocycles. The summed E-state index contributed by atoms with van der Waals surface area (Å²) in [6.45, 7) is 5.04. The number of hydrogen-bond donors (Lipinski definition) is 1. The fourth-order valence-corrected chi connectivity index (χ4v) is 5.45. The number of rotatable bonds is 33. The van der Waals surface area contributed by atoms with Crippen LogP contribution >= 0.6 is 0 Å². The Morgan fingerprint density at radius 2 is 0.725 bits per heavy atom. The minimum atomic E-state index is -0.306. The smallest absolute Gasteiger partial charge is 0.325 e. The lowest BCUT2D eigenvalue weighted by Crippen LogP contribution is -2.30. The lowest BCUT2D eigenvalue weighted by molar-refractivity contribution is -0.144. The predicted octanol–water partition coefficient (Wildman–Crippen LogP) is 11.4. The Morgan fingerprint density at radius 1 is 0.425 bits per heavy atom. The Bertz CT molecular complexity index is 522. The van der Waals surface area contributed by atoms with Crippen LogP contribution in [0.25, 0.3) is 0 Å². The lowest BCUT2D eigenvalue weighted by atomic mass is 10.0. The van der Waals surface area contributed by atoms with Crippen molar-refractivity contribution in [2.75, 3.05) is 13.2 Å². The van der Waals surface area contributed by atoms with Gasteiger partial charge in [-0.15, -0.1) is 0 Å². The molecule has 0 saturated heterocycles. The van der Waals surface area contributed by atoms with Gasteiger partial charge in [0.1, 0.15) is 6.54 Å². The first kappa shape index (κ1) is 38.9. The predicted molar refractivity (Wildman–Crippen MR) is 174 cm³/mol. The molecule has 0 aliphatic heterocycles. The van der Waals surface area contributed by atoms with Gasteiger partial charge in [-0.25, -0.2) is 0 Å². The number of amides is 1. The molecule has 4 heteroatoms. The van der Waals surface area contributed by atoms with Gasteiger partial charge in [0, 0.05) is 6.42 Å². The van der Waals surface area contributed by atoms with Gasteiger partial charge in [-0.05, 0) is 12.8 Å². The van der Waals surface area contributed by atoms with Crippen molar-refractivity contribution >= 4 is 11.9 Å². The standard InChI is InChI=1S/C36H71NO3/c1-3-5-7-9-11-13-15-17-18-19-21-23-25-27-29-31-33-40-36(39)34-37-35(38)32-30-28-26-24-22-20-16-14-12-10-8-6-4-2/h3-34H2,1-2H3,(H,37,38). The third-order valence-electron chi connectivity index (χ3n) is 8.20. The summed E-state index contributed by atoms with van der Waals surface area (Å²) in [7, 11) is 0. The maximum atomic E-state index is 12.0. The molecule has 0 unspecified atom stereocenters. The van der Waals surface area contributed by atoms with Gasteiger partial charge in [-0.1, -0.05) is 187 Å². The molecular weight excluding hydrogens is 494 g/mol. The number of unbranched alkanes of at least 4 members (excludes halogenated alkanes) is 27. The van der Waals surface area contributed by atoms with E-state index in [4.69, 9.17) is 4.74 Å². The molecule has 0 aliphatic rings. The first-order valence-corrected chi connectivity index (χ1v) is 18.1. The van der Waals surface area contributed by atoms with Crippen LogP contribution in [-0.4, -0.2) is 25.0 Å². The first-order valence-electron chi connectivity index (χ1n) is 18.1. The van der Waals surface area contributed by atoms with Gasteiger partial charge in [0.2, 0.25) is 5.91 Å². The highest BCUT2D eigenvalue weighted by molar-refractivity contribution is 5.81. The molecule has 0 aromatic rings. The fourth-order valence-electron chi connectivity index (χ4n) is 5.45. The van der Waals surface area contributed by atoms with Gasteiger partial charge in [-0.2, -0.15) is 0 Å². The Morgan fingerprint density at radius 3 is 1.07 bits per heavy atom. The van der Waals surface area contributed by atoms with Crippen LogP contribution in [-0.2, 0) is 14.3 Å². The molecule has 0 fully saturated rings. The second-order valence-electron chi connectivity index (χ2n) is 12.3. The fraction of sp³-hybridized carbons (Fsp3) is 0.944. The average Bonchev–Trinajstić information content (AvgIpc) is 2.96. The summed E-state index contributed by atoms with van der Waals surface area (Å²) in [5.41, 5.74) is 0. The molecule has 0 spiro atoms. The minimum absolute atomic E-state index is 0.0101. The van der Waals surface area contributed by atoms with Crippen molar-refractivity contribution in [1.29, 1.82) is 0 Å². The minimum Gasteiger partial charge on any atom is -0.464 e. The van der Waals surface area contributed by atoms with Crippen LogP contribution in [0.1, 0.15) is 206 Å². The number of carbonyl (C=O) groups excluding carboxylic acids is 2. The van der Waals surface area contributed by atoms with Crippen LogP contribution in [0.5, 0.6) is 0 Å². The van der Waals surface area contributed by atoms with E-state index in [-0.39, 0.29) is 18.4 Å². The zero-order chi connectivity index (χ0) is 29.2. The Hall–Kier alpha value is -1.06. The molecule has 0 heterocycles. The molecule has 0 aromatic carbocycles. The zero-order valence-electron chi connectivity index (χ0n) is 27.4. The highest BCUT2D eigenvalue weighted by atomic mass is 16.5. The monoisotopic (exact) mass is 566 g/mol. The molecule has 238 valence electrons. The van der Waals surface area contributed by atoms with Crippen molar-refractivity contribution in [3.8, 4) is 0 Å². The van der Waals surface area contributed by atoms with Crippen molar-refractivity contribution in [1.82, 2.24) is 5.32 Å². The van der Waals surface area contributed by atoms with Crippen LogP contribution in [0.15, 0.2) is 0 Å². The summed E-state index contributed by atoms with van der Waals surface area (Å²) < 4.78 is 5.28. The summed E-state index contributed by atoms with van der Waals surface area (Å²) in [6.07, 6.45) is 38.8. The van der Waals surface area contributed by atoms with Crippen LogP contribution in [0.2, 0.25) is 0 Å². The molecule has 40 heavy (non-hydrogen) atoms. The summed E-state index contributed by atoms with van der Waals surface area (Å²) in [5.74, 6) is -0.331.